The van der Waals surface area contributed by atoms with Crippen LogP contribution in [0.1, 0.15) is 184 Å². The standard InChI is InChI=1S/C54H74N2O7/c1-15-19-60-48-35-23-36-27-43(53(9,10)11)30-39(49(36)61-20-16-2)25-40-33-46(55-34(5)57)47(56(58)59)45(51(40)63-22-18-4)32-41-31-44(54(12,13)14)29-38(50(41)62-21-17-3)24-37(48)28-42(26-35)52(6,7)8/h26-31,33H,15-25,32H2,1-14H3,(H,55,57). The number of amides is 1. The molecule has 1 amide bonds. The lowest BCUT2D eigenvalue weighted by atomic mass is 9.80. The van der Waals surface area contributed by atoms with E-state index >= 15 is 0 Å². The van der Waals surface area contributed by atoms with Crippen LogP contribution in [-0.4, -0.2) is 37.3 Å². The van der Waals surface area contributed by atoms with E-state index in [9.17, 15) is 14.9 Å². The van der Waals surface area contributed by atoms with Crippen LogP contribution in [0.3, 0.4) is 0 Å². The van der Waals surface area contributed by atoms with Crippen LogP contribution >= 0.6 is 0 Å². The normalized spacial score (nSPS) is 13.0. The summed E-state index contributed by atoms with van der Waals surface area (Å²) in [6.45, 7) is 31.6. The van der Waals surface area contributed by atoms with Crippen molar-refractivity contribution in [1.29, 1.82) is 0 Å². The maximum Gasteiger partial charge on any atom is 0.299 e. The second kappa shape index (κ2) is 20.2. The SMILES string of the molecule is CCCOc1c2cc(C(C)(C)C)cc1Cc1cc(C(C)(C)C)cc(c1OCCC)Cc1c(OCCC)c(cc(NC(C)=O)c1[N+](=O)[O-])Cc1cc(C(C)(C)C)cc(c1OCCC)C2. The molecule has 9 heteroatoms. The van der Waals surface area contributed by atoms with Crippen molar-refractivity contribution >= 4 is 17.3 Å². The van der Waals surface area contributed by atoms with E-state index in [2.05, 4.69) is 125 Å². The zero-order valence-corrected chi connectivity index (χ0v) is 40.8. The number of nitro benzene ring substituents is 1. The van der Waals surface area contributed by atoms with Crippen molar-refractivity contribution in [2.75, 3.05) is 31.7 Å². The van der Waals surface area contributed by atoms with Crippen molar-refractivity contribution in [3.63, 3.8) is 0 Å². The van der Waals surface area contributed by atoms with Gasteiger partial charge in [0, 0.05) is 38.2 Å². The Morgan fingerprint density at radius 3 is 1.08 bits per heavy atom. The third-order valence-electron chi connectivity index (χ3n) is 11.6. The Hall–Kier alpha value is -5.05. The predicted molar refractivity (Wildman–Crippen MR) is 257 cm³/mol. The van der Waals surface area contributed by atoms with Crippen molar-refractivity contribution < 1.29 is 28.7 Å². The minimum atomic E-state index is -0.399. The number of rotatable bonds is 14. The fraction of sp³-hybridized carbons (Fsp3) is 0.537. The van der Waals surface area contributed by atoms with Gasteiger partial charge in [-0.3, -0.25) is 14.9 Å². The first-order valence-electron chi connectivity index (χ1n) is 23.2. The molecule has 342 valence electrons. The van der Waals surface area contributed by atoms with Crippen LogP contribution < -0.4 is 24.3 Å². The van der Waals surface area contributed by atoms with Gasteiger partial charge >= 0.3 is 0 Å². The lowest BCUT2D eigenvalue weighted by Crippen LogP contribution is -2.18. The van der Waals surface area contributed by atoms with Crippen LogP contribution in [0.2, 0.25) is 0 Å². The van der Waals surface area contributed by atoms with Gasteiger partial charge in [-0.1, -0.05) is 126 Å². The molecule has 0 saturated carbocycles. The fourth-order valence-corrected chi connectivity index (χ4v) is 8.27. The number of anilines is 1. The Balaban J connectivity index is 2.07. The number of nitro groups is 1. The van der Waals surface area contributed by atoms with E-state index in [0.29, 0.717) is 69.2 Å². The highest BCUT2D eigenvalue weighted by Crippen LogP contribution is 2.47. The van der Waals surface area contributed by atoms with Crippen molar-refractivity contribution in [2.24, 2.45) is 0 Å². The van der Waals surface area contributed by atoms with Gasteiger partial charge in [0.1, 0.15) is 28.7 Å². The first-order chi connectivity index (χ1) is 29.6. The summed E-state index contributed by atoms with van der Waals surface area (Å²) in [6.07, 6.45) is 4.67. The molecule has 9 nitrogen and oxygen atoms in total. The zero-order chi connectivity index (χ0) is 46.4. The summed E-state index contributed by atoms with van der Waals surface area (Å²) < 4.78 is 27.2. The Morgan fingerprint density at radius 2 is 0.810 bits per heavy atom. The fourth-order valence-electron chi connectivity index (χ4n) is 8.27. The van der Waals surface area contributed by atoms with Crippen LogP contribution in [0.4, 0.5) is 11.4 Å². The van der Waals surface area contributed by atoms with Gasteiger partial charge in [-0.05, 0) is 98.1 Å². The first-order valence-corrected chi connectivity index (χ1v) is 23.2. The van der Waals surface area contributed by atoms with E-state index in [-0.39, 0.29) is 39.0 Å². The van der Waals surface area contributed by atoms with Gasteiger partial charge < -0.3 is 24.3 Å². The monoisotopic (exact) mass is 863 g/mol. The highest BCUT2D eigenvalue weighted by atomic mass is 16.6. The molecule has 63 heavy (non-hydrogen) atoms. The molecule has 0 aromatic heterocycles. The average Bonchev–Trinajstić information content (AvgIpc) is 3.17. The molecule has 0 spiro atoms. The van der Waals surface area contributed by atoms with Crippen LogP contribution in [-0.2, 0) is 46.7 Å². The third-order valence-corrected chi connectivity index (χ3v) is 11.6. The van der Waals surface area contributed by atoms with Gasteiger partial charge in [0.05, 0.1) is 36.9 Å². The molecule has 0 unspecified atom stereocenters. The summed E-state index contributed by atoms with van der Waals surface area (Å²) in [6, 6.07) is 15.3. The number of fused-ring (bicyclic) bond motifs is 8. The van der Waals surface area contributed by atoms with E-state index in [0.717, 1.165) is 80.8 Å². The average molecular weight is 863 g/mol. The molecule has 4 aromatic carbocycles. The van der Waals surface area contributed by atoms with Crippen molar-refractivity contribution in [3.8, 4) is 23.0 Å². The van der Waals surface area contributed by atoms with Crippen LogP contribution in [0.5, 0.6) is 23.0 Å². The second-order valence-electron chi connectivity index (χ2n) is 20.4. The van der Waals surface area contributed by atoms with E-state index in [1.165, 1.54) is 12.5 Å². The summed E-state index contributed by atoms with van der Waals surface area (Å²) in [7, 11) is 0. The summed E-state index contributed by atoms with van der Waals surface area (Å²) in [4.78, 5) is 26.0. The van der Waals surface area contributed by atoms with Crippen molar-refractivity contribution in [3.05, 3.63) is 114 Å². The highest BCUT2D eigenvalue weighted by molar-refractivity contribution is 5.93. The van der Waals surface area contributed by atoms with Gasteiger partial charge in [0.15, 0.2) is 0 Å². The Labute approximate surface area is 377 Å². The quantitative estimate of drug-likeness (QED) is 0.0874. The molecule has 0 atom stereocenters. The summed E-state index contributed by atoms with van der Waals surface area (Å²) in [5.74, 6) is 2.43. The van der Waals surface area contributed by atoms with Gasteiger partial charge in [0.2, 0.25) is 5.91 Å². The van der Waals surface area contributed by atoms with Crippen molar-refractivity contribution in [2.45, 2.75) is 165 Å². The summed E-state index contributed by atoms with van der Waals surface area (Å²) >= 11 is 0. The predicted octanol–water partition coefficient (Wildman–Crippen LogP) is 13.3. The molecule has 8 bridgehead atoms. The minimum Gasteiger partial charge on any atom is -0.493 e. The number of carbonyl (C=O) groups excluding carboxylic acids is 1. The van der Waals surface area contributed by atoms with Crippen LogP contribution in [0.15, 0.2) is 42.5 Å². The van der Waals surface area contributed by atoms with Gasteiger partial charge in [-0.2, -0.15) is 0 Å². The Kier molecular flexibility index (Phi) is 15.7. The molecule has 0 heterocycles. The first kappa shape index (κ1) is 49.0. The van der Waals surface area contributed by atoms with E-state index < -0.39 is 5.91 Å². The smallest absolute Gasteiger partial charge is 0.299 e. The maximum atomic E-state index is 13.4. The topological polar surface area (TPSA) is 109 Å². The van der Waals surface area contributed by atoms with E-state index in [1.54, 1.807) is 6.07 Å². The lowest BCUT2D eigenvalue weighted by Gasteiger charge is -2.28. The van der Waals surface area contributed by atoms with Crippen molar-refractivity contribution in [1.82, 2.24) is 0 Å². The maximum absolute atomic E-state index is 13.4. The number of ether oxygens (including phenoxy) is 4. The molecule has 0 aliphatic heterocycles. The number of nitrogens with zero attached hydrogens (tertiary/aromatic N) is 1. The van der Waals surface area contributed by atoms with Crippen LogP contribution in [0.25, 0.3) is 0 Å². The number of hydrogen-bond acceptors (Lipinski definition) is 7. The molecule has 1 aliphatic rings. The highest BCUT2D eigenvalue weighted by Gasteiger charge is 2.33. The van der Waals surface area contributed by atoms with Gasteiger partial charge in [-0.25, -0.2) is 0 Å². The van der Waals surface area contributed by atoms with E-state index in [4.69, 9.17) is 18.9 Å². The number of hydrogen-bond donors (Lipinski definition) is 1. The lowest BCUT2D eigenvalue weighted by molar-refractivity contribution is -0.384. The molecule has 0 radical (unpaired) electrons. The zero-order valence-electron chi connectivity index (χ0n) is 40.8. The van der Waals surface area contributed by atoms with Crippen LogP contribution in [0, 0.1) is 10.1 Å². The minimum absolute atomic E-state index is 0.130. The molecule has 5 rings (SSSR count). The molecular formula is C54H74N2O7. The third kappa shape index (κ3) is 11.8. The molecule has 4 aromatic rings. The van der Waals surface area contributed by atoms with Gasteiger partial charge in [0.25, 0.3) is 5.69 Å². The molecular weight excluding hydrogens is 789 g/mol. The molecule has 1 aliphatic carbocycles. The second-order valence-corrected chi connectivity index (χ2v) is 20.4. The number of nitrogens with one attached hydrogen (secondary N) is 1. The van der Waals surface area contributed by atoms with E-state index in [1.807, 2.05) is 6.92 Å². The number of benzene rings is 4. The number of carbonyl (C=O) groups is 1. The summed E-state index contributed by atoms with van der Waals surface area (Å²) in [5.41, 5.74) is 9.79. The Bertz CT molecular complexity index is 2290. The molecule has 1 N–H and O–H groups in total. The largest absolute Gasteiger partial charge is 0.493 e. The summed E-state index contributed by atoms with van der Waals surface area (Å²) in [5, 5.41) is 16.3. The Morgan fingerprint density at radius 1 is 0.524 bits per heavy atom. The van der Waals surface area contributed by atoms with Gasteiger partial charge in [-0.15, -0.1) is 0 Å². The molecule has 0 fully saturated rings. The molecule has 0 saturated heterocycles.